The van der Waals surface area contributed by atoms with Gasteiger partial charge in [0.25, 0.3) is 0 Å². The van der Waals surface area contributed by atoms with E-state index in [1.807, 2.05) is 0 Å². The van der Waals surface area contributed by atoms with E-state index in [1.54, 1.807) is 0 Å². The number of hydrogen-bond donors (Lipinski definition) is 2. The molecule has 1 aliphatic heterocycles. The summed E-state index contributed by atoms with van der Waals surface area (Å²) in [7, 11) is 0. The lowest BCUT2D eigenvalue weighted by Gasteiger charge is -2.34. The minimum Gasteiger partial charge on any atom is -0.396 e. The van der Waals surface area contributed by atoms with Crippen LogP contribution in [0.15, 0.2) is 0 Å². The van der Waals surface area contributed by atoms with Crippen molar-refractivity contribution in [1.82, 2.24) is 4.90 Å². The average molecular weight is 186 g/mol. The van der Waals surface area contributed by atoms with Gasteiger partial charge >= 0.3 is 0 Å². The fraction of sp³-hybridized carbons (Fsp3) is 1.00. The summed E-state index contributed by atoms with van der Waals surface area (Å²) in [6.07, 6.45) is 3.17. The minimum absolute atomic E-state index is 0.315. The third-order valence-corrected chi connectivity index (χ3v) is 2.65. The molecule has 0 aliphatic carbocycles. The van der Waals surface area contributed by atoms with Crippen LogP contribution >= 0.6 is 0 Å². The third kappa shape index (κ3) is 4.07. The smallest absolute Gasteiger partial charge is 0.0431 e. The fourth-order valence-electron chi connectivity index (χ4n) is 2.14. The van der Waals surface area contributed by atoms with E-state index in [4.69, 9.17) is 10.8 Å². The van der Waals surface area contributed by atoms with E-state index in [0.717, 1.165) is 38.3 Å². The number of nitrogens with zero attached hydrogens (tertiary/aromatic N) is 1. The zero-order valence-electron chi connectivity index (χ0n) is 8.58. The molecule has 1 fully saturated rings. The molecule has 3 nitrogen and oxygen atoms in total. The van der Waals surface area contributed by atoms with Gasteiger partial charge in [-0.2, -0.15) is 0 Å². The number of likely N-dealkylation sites (tertiary alicyclic amines) is 1. The van der Waals surface area contributed by atoms with E-state index in [1.165, 1.54) is 6.54 Å². The van der Waals surface area contributed by atoms with Crippen LogP contribution in [0.25, 0.3) is 0 Å². The molecule has 2 unspecified atom stereocenters. The Kier molecular flexibility index (Phi) is 4.70. The van der Waals surface area contributed by atoms with Crippen molar-refractivity contribution >= 4 is 0 Å². The SMILES string of the molecule is CC1CC(N)CN(CCCCO)C1. The summed E-state index contributed by atoms with van der Waals surface area (Å²) in [6.45, 7) is 5.89. The van der Waals surface area contributed by atoms with Gasteiger partial charge in [0, 0.05) is 25.7 Å². The molecule has 0 aromatic rings. The lowest BCUT2D eigenvalue weighted by atomic mass is 9.96. The Balaban J connectivity index is 2.17. The molecule has 2 atom stereocenters. The summed E-state index contributed by atoms with van der Waals surface area (Å²) in [5.41, 5.74) is 5.93. The molecule has 0 spiro atoms. The molecule has 1 aliphatic rings. The Morgan fingerprint density at radius 2 is 2.15 bits per heavy atom. The molecule has 0 bridgehead atoms. The van der Waals surface area contributed by atoms with Gasteiger partial charge < -0.3 is 15.7 Å². The van der Waals surface area contributed by atoms with Crippen LogP contribution in [-0.4, -0.2) is 42.3 Å². The van der Waals surface area contributed by atoms with Gasteiger partial charge in [-0.15, -0.1) is 0 Å². The fourth-order valence-corrected chi connectivity index (χ4v) is 2.14. The zero-order chi connectivity index (χ0) is 9.68. The van der Waals surface area contributed by atoms with Crippen molar-refractivity contribution in [2.75, 3.05) is 26.2 Å². The number of nitrogens with two attached hydrogens (primary N) is 1. The maximum Gasteiger partial charge on any atom is 0.0431 e. The Bertz CT molecular complexity index is 131. The van der Waals surface area contributed by atoms with Gasteiger partial charge in [0.15, 0.2) is 0 Å². The van der Waals surface area contributed by atoms with Crippen molar-refractivity contribution in [2.24, 2.45) is 11.7 Å². The second-order valence-electron chi connectivity index (χ2n) is 4.29. The molecule has 3 N–H and O–H groups in total. The Morgan fingerprint density at radius 3 is 2.77 bits per heavy atom. The van der Waals surface area contributed by atoms with E-state index in [-0.39, 0.29) is 0 Å². The molecule has 0 aromatic heterocycles. The number of piperidine rings is 1. The molecule has 0 aromatic carbocycles. The first-order chi connectivity index (χ1) is 6.22. The first kappa shape index (κ1) is 11.0. The quantitative estimate of drug-likeness (QED) is 0.626. The van der Waals surface area contributed by atoms with Crippen LogP contribution in [0.1, 0.15) is 26.2 Å². The number of hydrogen-bond acceptors (Lipinski definition) is 3. The van der Waals surface area contributed by atoms with Gasteiger partial charge in [-0.1, -0.05) is 6.92 Å². The van der Waals surface area contributed by atoms with E-state index >= 15 is 0 Å². The lowest BCUT2D eigenvalue weighted by Crippen LogP contribution is -2.46. The topological polar surface area (TPSA) is 49.5 Å². The van der Waals surface area contributed by atoms with Gasteiger partial charge in [-0.05, 0) is 31.7 Å². The standard InChI is InChI=1S/C10H22N2O/c1-9-6-10(11)8-12(7-9)4-2-3-5-13/h9-10,13H,2-8,11H2,1H3. The highest BCUT2D eigenvalue weighted by atomic mass is 16.2. The van der Waals surface area contributed by atoms with Crippen molar-refractivity contribution in [3.63, 3.8) is 0 Å². The van der Waals surface area contributed by atoms with Crippen LogP contribution in [0, 0.1) is 5.92 Å². The van der Waals surface area contributed by atoms with Crippen LogP contribution in [0.3, 0.4) is 0 Å². The highest BCUT2D eigenvalue weighted by molar-refractivity contribution is 4.78. The molecule has 13 heavy (non-hydrogen) atoms. The number of unbranched alkanes of at least 4 members (excludes halogenated alkanes) is 1. The van der Waals surface area contributed by atoms with Gasteiger partial charge in [-0.25, -0.2) is 0 Å². The molecule has 0 saturated carbocycles. The second kappa shape index (κ2) is 5.58. The Hall–Kier alpha value is -0.120. The predicted octanol–water partition coefficient (Wildman–Crippen LogP) is 0.428. The predicted molar refractivity (Wildman–Crippen MR) is 54.5 cm³/mol. The van der Waals surface area contributed by atoms with Gasteiger partial charge in [0.2, 0.25) is 0 Å². The molecular weight excluding hydrogens is 164 g/mol. The highest BCUT2D eigenvalue weighted by Crippen LogP contribution is 2.15. The molecule has 78 valence electrons. The van der Waals surface area contributed by atoms with Crippen LogP contribution in [0.2, 0.25) is 0 Å². The molecule has 0 radical (unpaired) electrons. The van der Waals surface area contributed by atoms with Crippen LogP contribution in [0.5, 0.6) is 0 Å². The zero-order valence-corrected chi connectivity index (χ0v) is 8.58. The van der Waals surface area contributed by atoms with Crippen molar-refractivity contribution in [2.45, 2.75) is 32.2 Å². The van der Waals surface area contributed by atoms with E-state index in [2.05, 4.69) is 11.8 Å². The van der Waals surface area contributed by atoms with Gasteiger partial charge in [0.1, 0.15) is 0 Å². The lowest BCUT2D eigenvalue weighted by molar-refractivity contribution is 0.158. The second-order valence-corrected chi connectivity index (χ2v) is 4.29. The Labute approximate surface area is 80.9 Å². The molecule has 0 amide bonds. The maximum atomic E-state index is 8.66. The first-order valence-corrected chi connectivity index (χ1v) is 5.31. The van der Waals surface area contributed by atoms with Crippen molar-refractivity contribution in [3.05, 3.63) is 0 Å². The molecule has 1 heterocycles. The summed E-state index contributed by atoms with van der Waals surface area (Å²) in [5, 5.41) is 8.66. The van der Waals surface area contributed by atoms with Crippen LogP contribution < -0.4 is 5.73 Å². The van der Waals surface area contributed by atoms with Crippen molar-refractivity contribution in [3.8, 4) is 0 Å². The van der Waals surface area contributed by atoms with Crippen molar-refractivity contribution in [1.29, 1.82) is 0 Å². The monoisotopic (exact) mass is 186 g/mol. The van der Waals surface area contributed by atoms with E-state index in [0.29, 0.717) is 12.6 Å². The normalized spacial score (nSPS) is 30.7. The van der Waals surface area contributed by atoms with Gasteiger partial charge in [-0.3, -0.25) is 0 Å². The Morgan fingerprint density at radius 1 is 1.38 bits per heavy atom. The van der Waals surface area contributed by atoms with Crippen molar-refractivity contribution < 1.29 is 5.11 Å². The minimum atomic E-state index is 0.315. The van der Waals surface area contributed by atoms with Crippen LogP contribution in [0.4, 0.5) is 0 Å². The third-order valence-electron chi connectivity index (χ3n) is 2.65. The van der Waals surface area contributed by atoms with Crippen LogP contribution in [-0.2, 0) is 0 Å². The molecule has 1 saturated heterocycles. The highest BCUT2D eigenvalue weighted by Gasteiger charge is 2.21. The summed E-state index contributed by atoms with van der Waals surface area (Å²) in [4.78, 5) is 2.43. The summed E-state index contributed by atoms with van der Waals surface area (Å²) in [6, 6.07) is 0.359. The first-order valence-electron chi connectivity index (χ1n) is 5.31. The summed E-state index contributed by atoms with van der Waals surface area (Å²) in [5.74, 6) is 0.734. The summed E-state index contributed by atoms with van der Waals surface area (Å²) < 4.78 is 0. The molecule has 3 heteroatoms. The van der Waals surface area contributed by atoms with E-state index in [9.17, 15) is 0 Å². The van der Waals surface area contributed by atoms with E-state index < -0.39 is 0 Å². The molecule has 1 rings (SSSR count). The van der Waals surface area contributed by atoms with Gasteiger partial charge in [0.05, 0.1) is 0 Å². The average Bonchev–Trinajstić information content (AvgIpc) is 2.03. The molecular formula is C10H22N2O. The number of aliphatic hydroxyl groups is 1. The summed E-state index contributed by atoms with van der Waals surface area (Å²) >= 11 is 0. The largest absolute Gasteiger partial charge is 0.396 e. The maximum absolute atomic E-state index is 8.66. The number of rotatable bonds is 4. The number of aliphatic hydroxyl groups excluding tert-OH is 1.